The van der Waals surface area contributed by atoms with Gasteiger partial charge >= 0.3 is 0 Å². The number of halogens is 2. The molecule has 17 heavy (non-hydrogen) atoms. The van der Waals surface area contributed by atoms with Crippen LogP contribution in [0.3, 0.4) is 0 Å². The summed E-state index contributed by atoms with van der Waals surface area (Å²) in [5.41, 5.74) is 0. The van der Waals surface area contributed by atoms with E-state index in [1.807, 2.05) is 0 Å². The first-order chi connectivity index (χ1) is 8.04. The van der Waals surface area contributed by atoms with Crippen molar-refractivity contribution in [3.8, 4) is 5.75 Å². The number of amides is 1. The number of rotatable bonds is 5. The van der Waals surface area contributed by atoms with Crippen molar-refractivity contribution in [2.45, 2.75) is 13.0 Å². The molecule has 0 fully saturated rings. The van der Waals surface area contributed by atoms with Crippen LogP contribution >= 0.6 is 23.2 Å². The van der Waals surface area contributed by atoms with Crippen molar-refractivity contribution in [2.24, 2.45) is 0 Å². The van der Waals surface area contributed by atoms with E-state index in [0.29, 0.717) is 22.3 Å². The van der Waals surface area contributed by atoms with Crippen molar-refractivity contribution in [2.75, 3.05) is 6.54 Å². The first-order valence-electron chi connectivity index (χ1n) is 5.05. The van der Waals surface area contributed by atoms with Crippen LogP contribution in [-0.4, -0.2) is 18.6 Å². The average Bonchev–Trinajstić information content (AvgIpc) is 2.30. The quantitative estimate of drug-likeness (QED) is 0.838. The minimum atomic E-state index is -0.647. The second-order valence-corrected chi connectivity index (χ2v) is 4.21. The van der Waals surface area contributed by atoms with Gasteiger partial charge in [-0.15, -0.1) is 6.58 Å². The number of nitrogens with one attached hydrogen (secondary N) is 1. The van der Waals surface area contributed by atoms with Crippen LogP contribution < -0.4 is 10.1 Å². The molecule has 1 rings (SSSR count). The van der Waals surface area contributed by atoms with Gasteiger partial charge in [0.1, 0.15) is 5.75 Å². The molecule has 0 radical (unpaired) electrons. The minimum Gasteiger partial charge on any atom is -0.479 e. The minimum absolute atomic E-state index is 0.235. The summed E-state index contributed by atoms with van der Waals surface area (Å²) in [6.07, 6.45) is 0.947. The summed E-state index contributed by atoms with van der Waals surface area (Å²) in [7, 11) is 0. The van der Waals surface area contributed by atoms with Crippen molar-refractivity contribution in [1.82, 2.24) is 5.32 Å². The van der Waals surface area contributed by atoms with Crippen LogP contribution in [0.15, 0.2) is 30.9 Å². The fraction of sp³-hybridized carbons (Fsp3) is 0.250. The molecule has 1 aromatic rings. The van der Waals surface area contributed by atoms with Crippen molar-refractivity contribution in [3.05, 3.63) is 40.9 Å². The fourth-order valence-electron chi connectivity index (χ4n) is 1.13. The monoisotopic (exact) mass is 273 g/mol. The highest BCUT2D eigenvalue weighted by atomic mass is 35.5. The molecular weight excluding hydrogens is 261 g/mol. The maximum absolute atomic E-state index is 11.5. The molecular formula is C12H13Cl2NO2. The molecule has 0 saturated heterocycles. The number of benzene rings is 1. The molecule has 1 unspecified atom stereocenters. The van der Waals surface area contributed by atoms with Gasteiger partial charge in [-0.2, -0.15) is 0 Å². The van der Waals surface area contributed by atoms with E-state index in [0.717, 1.165) is 0 Å². The summed E-state index contributed by atoms with van der Waals surface area (Å²) >= 11 is 11.7. The molecule has 1 aromatic carbocycles. The standard InChI is InChI=1S/C12H13Cl2NO2/c1-3-6-15-12(16)8(2)17-11-7-9(13)4-5-10(11)14/h3-5,7-8H,1,6H2,2H3,(H,15,16). The zero-order valence-corrected chi connectivity index (χ0v) is 10.9. The molecule has 0 aromatic heterocycles. The summed E-state index contributed by atoms with van der Waals surface area (Å²) in [6.45, 7) is 5.54. The lowest BCUT2D eigenvalue weighted by Crippen LogP contribution is -2.36. The lowest BCUT2D eigenvalue weighted by molar-refractivity contribution is -0.127. The third-order valence-corrected chi connectivity index (χ3v) is 2.53. The van der Waals surface area contributed by atoms with Gasteiger partial charge in [0.15, 0.2) is 6.10 Å². The van der Waals surface area contributed by atoms with Crippen LogP contribution in [0.4, 0.5) is 0 Å². The number of ether oxygens (including phenoxy) is 1. The third kappa shape index (κ3) is 4.29. The second kappa shape index (κ2) is 6.52. The Morgan fingerprint density at radius 3 is 2.94 bits per heavy atom. The highest BCUT2D eigenvalue weighted by molar-refractivity contribution is 6.34. The summed E-state index contributed by atoms with van der Waals surface area (Å²) in [4.78, 5) is 11.5. The fourth-order valence-corrected chi connectivity index (χ4v) is 1.45. The van der Waals surface area contributed by atoms with Gasteiger partial charge in [0.05, 0.1) is 5.02 Å². The van der Waals surface area contributed by atoms with Gasteiger partial charge in [-0.1, -0.05) is 29.3 Å². The lowest BCUT2D eigenvalue weighted by atomic mass is 10.3. The Morgan fingerprint density at radius 1 is 1.59 bits per heavy atom. The van der Waals surface area contributed by atoms with Crippen LogP contribution in [-0.2, 0) is 4.79 Å². The summed E-state index contributed by atoms with van der Waals surface area (Å²) < 4.78 is 5.42. The largest absolute Gasteiger partial charge is 0.479 e. The normalized spacial score (nSPS) is 11.7. The number of carbonyl (C=O) groups is 1. The molecule has 1 N–H and O–H groups in total. The zero-order chi connectivity index (χ0) is 12.8. The van der Waals surface area contributed by atoms with Gasteiger partial charge in [0.2, 0.25) is 0 Å². The van der Waals surface area contributed by atoms with Gasteiger partial charge < -0.3 is 10.1 Å². The zero-order valence-electron chi connectivity index (χ0n) is 9.37. The molecule has 92 valence electrons. The van der Waals surface area contributed by atoms with Crippen LogP contribution in [0.1, 0.15) is 6.92 Å². The van der Waals surface area contributed by atoms with Crippen molar-refractivity contribution in [3.63, 3.8) is 0 Å². The molecule has 5 heteroatoms. The SMILES string of the molecule is C=CCNC(=O)C(C)Oc1cc(Cl)ccc1Cl. The van der Waals surface area contributed by atoms with E-state index in [1.54, 1.807) is 31.2 Å². The number of carbonyl (C=O) groups excluding carboxylic acids is 1. The first-order valence-corrected chi connectivity index (χ1v) is 5.80. The third-order valence-electron chi connectivity index (χ3n) is 1.99. The average molecular weight is 274 g/mol. The predicted molar refractivity (Wildman–Crippen MR) is 69.8 cm³/mol. The van der Waals surface area contributed by atoms with Crippen LogP contribution in [0.25, 0.3) is 0 Å². The van der Waals surface area contributed by atoms with E-state index < -0.39 is 6.10 Å². The molecule has 1 atom stereocenters. The highest BCUT2D eigenvalue weighted by Crippen LogP contribution is 2.28. The van der Waals surface area contributed by atoms with Crippen LogP contribution in [0.5, 0.6) is 5.75 Å². The predicted octanol–water partition coefficient (Wildman–Crippen LogP) is 3.06. The molecule has 3 nitrogen and oxygen atoms in total. The summed E-state index contributed by atoms with van der Waals surface area (Å²) in [6, 6.07) is 4.84. The summed E-state index contributed by atoms with van der Waals surface area (Å²) in [5, 5.41) is 3.55. The van der Waals surface area contributed by atoms with Gasteiger partial charge in [-0.05, 0) is 19.1 Å². The van der Waals surface area contributed by atoms with E-state index in [9.17, 15) is 4.79 Å². The maximum Gasteiger partial charge on any atom is 0.261 e. The van der Waals surface area contributed by atoms with Crippen LogP contribution in [0, 0.1) is 0 Å². The summed E-state index contributed by atoms with van der Waals surface area (Å²) in [5.74, 6) is 0.154. The molecule has 0 aliphatic rings. The smallest absolute Gasteiger partial charge is 0.261 e. The van der Waals surface area contributed by atoms with E-state index in [2.05, 4.69) is 11.9 Å². The Balaban J connectivity index is 2.66. The lowest BCUT2D eigenvalue weighted by Gasteiger charge is -2.15. The highest BCUT2D eigenvalue weighted by Gasteiger charge is 2.15. The van der Waals surface area contributed by atoms with Crippen LogP contribution in [0.2, 0.25) is 10.0 Å². The van der Waals surface area contributed by atoms with Gasteiger partial charge in [-0.25, -0.2) is 0 Å². The van der Waals surface area contributed by atoms with Crippen molar-refractivity contribution < 1.29 is 9.53 Å². The topological polar surface area (TPSA) is 38.3 Å². The van der Waals surface area contributed by atoms with E-state index in [-0.39, 0.29) is 5.91 Å². The molecule has 0 heterocycles. The van der Waals surface area contributed by atoms with Gasteiger partial charge in [-0.3, -0.25) is 4.79 Å². The Hall–Kier alpha value is -1.19. The maximum atomic E-state index is 11.5. The second-order valence-electron chi connectivity index (χ2n) is 3.37. The van der Waals surface area contributed by atoms with Gasteiger partial charge in [0, 0.05) is 17.6 Å². The van der Waals surface area contributed by atoms with E-state index in [4.69, 9.17) is 27.9 Å². The first kappa shape index (κ1) is 13.9. The Morgan fingerprint density at radius 2 is 2.29 bits per heavy atom. The molecule has 1 amide bonds. The molecule has 0 aliphatic heterocycles. The molecule has 0 aliphatic carbocycles. The Labute approximate surface area is 110 Å². The Bertz CT molecular complexity index is 421. The number of hydrogen-bond acceptors (Lipinski definition) is 2. The van der Waals surface area contributed by atoms with E-state index in [1.165, 1.54) is 0 Å². The van der Waals surface area contributed by atoms with Gasteiger partial charge in [0.25, 0.3) is 5.91 Å². The molecule has 0 saturated carbocycles. The number of hydrogen-bond donors (Lipinski definition) is 1. The van der Waals surface area contributed by atoms with Crippen molar-refractivity contribution in [1.29, 1.82) is 0 Å². The van der Waals surface area contributed by atoms with Crippen molar-refractivity contribution >= 4 is 29.1 Å². The molecule has 0 bridgehead atoms. The Kier molecular flexibility index (Phi) is 5.32. The van der Waals surface area contributed by atoms with E-state index >= 15 is 0 Å². The molecule has 0 spiro atoms.